The number of carbonyl (C=O) groups excluding carboxylic acids is 1. The Bertz CT molecular complexity index is 498. The highest BCUT2D eigenvalue weighted by Crippen LogP contribution is 2.24. The van der Waals surface area contributed by atoms with Crippen molar-refractivity contribution in [2.24, 2.45) is 11.7 Å². The predicted octanol–water partition coefficient (Wildman–Crippen LogP) is 1.47. The summed E-state index contributed by atoms with van der Waals surface area (Å²) in [5.74, 6) is -1.14. The number of nitrogens with zero attached hydrogens (tertiary/aromatic N) is 1. The van der Waals surface area contributed by atoms with Crippen molar-refractivity contribution in [2.45, 2.75) is 32.4 Å². The number of aliphatic carboxylic acids is 1. The van der Waals surface area contributed by atoms with Crippen LogP contribution in [0.25, 0.3) is 0 Å². The lowest BCUT2D eigenvalue weighted by atomic mass is 9.91. The first-order valence-electron chi connectivity index (χ1n) is 6.85. The van der Waals surface area contributed by atoms with Gasteiger partial charge in [-0.25, -0.2) is 0 Å². The topological polar surface area (TPSA) is 83.6 Å². The molecule has 2 rings (SSSR count). The molecule has 1 saturated heterocycles. The van der Waals surface area contributed by atoms with Gasteiger partial charge in [0.05, 0.1) is 5.92 Å². The highest BCUT2D eigenvalue weighted by atomic mass is 16.4. The molecule has 1 fully saturated rings. The van der Waals surface area contributed by atoms with Crippen LogP contribution in [0, 0.1) is 5.92 Å². The fourth-order valence-corrected chi connectivity index (χ4v) is 2.65. The second-order valence-corrected chi connectivity index (χ2v) is 5.31. The summed E-state index contributed by atoms with van der Waals surface area (Å²) in [5.41, 5.74) is 7.15. The minimum absolute atomic E-state index is 0.0371. The highest BCUT2D eigenvalue weighted by molar-refractivity contribution is 5.94. The van der Waals surface area contributed by atoms with Crippen LogP contribution in [0.5, 0.6) is 0 Å². The zero-order valence-corrected chi connectivity index (χ0v) is 11.6. The van der Waals surface area contributed by atoms with E-state index in [-0.39, 0.29) is 17.9 Å². The summed E-state index contributed by atoms with van der Waals surface area (Å²) in [6.07, 6.45) is 1.04. The van der Waals surface area contributed by atoms with Gasteiger partial charge in [0.2, 0.25) is 0 Å². The average molecular weight is 276 g/mol. The molecule has 1 heterocycles. The van der Waals surface area contributed by atoms with Crippen LogP contribution < -0.4 is 5.73 Å². The van der Waals surface area contributed by atoms with E-state index in [0.717, 1.165) is 5.56 Å². The average Bonchev–Trinajstić information content (AvgIpc) is 2.46. The number of carboxylic acids is 1. The number of nitrogens with two attached hydrogens (primary N) is 1. The van der Waals surface area contributed by atoms with Crippen molar-refractivity contribution in [3.8, 4) is 0 Å². The van der Waals surface area contributed by atoms with Crippen molar-refractivity contribution in [1.82, 2.24) is 4.90 Å². The Hall–Kier alpha value is -1.88. The molecule has 0 saturated carbocycles. The number of rotatable bonds is 3. The molecule has 2 atom stereocenters. The first-order chi connectivity index (χ1) is 9.52. The Morgan fingerprint density at radius 3 is 2.50 bits per heavy atom. The molecule has 3 N–H and O–H groups in total. The number of likely N-dealkylation sites (tertiary alicyclic amines) is 1. The number of carbonyl (C=O) groups is 2. The van der Waals surface area contributed by atoms with Crippen molar-refractivity contribution >= 4 is 11.9 Å². The normalized spacial score (nSPS) is 22.6. The van der Waals surface area contributed by atoms with Crippen LogP contribution >= 0.6 is 0 Å². The van der Waals surface area contributed by atoms with Crippen LogP contribution in [0.15, 0.2) is 24.3 Å². The van der Waals surface area contributed by atoms with Crippen molar-refractivity contribution in [2.75, 3.05) is 6.54 Å². The quantitative estimate of drug-likeness (QED) is 0.875. The number of hydrogen-bond acceptors (Lipinski definition) is 3. The summed E-state index contributed by atoms with van der Waals surface area (Å²) < 4.78 is 0. The smallest absolute Gasteiger partial charge is 0.306 e. The number of hydrogen-bond donors (Lipinski definition) is 2. The molecule has 0 spiro atoms. The fraction of sp³-hybridized carbons (Fsp3) is 0.467. The van der Waals surface area contributed by atoms with E-state index < -0.39 is 5.97 Å². The third-order valence-corrected chi connectivity index (χ3v) is 3.92. The maximum atomic E-state index is 12.4. The first kappa shape index (κ1) is 14.5. The van der Waals surface area contributed by atoms with Crippen LogP contribution in [-0.4, -0.2) is 34.5 Å². The maximum Gasteiger partial charge on any atom is 0.306 e. The summed E-state index contributed by atoms with van der Waals surface area (Å²) in [5, 5.41) is 9.04. The van der Waals surface area contributed by atoms with Gasteiger partial charge in [0.25, 0.3) is 5.91 Å². The minimum Gasteiger partial charge on any atom is -0.481 e. The zero-order valence-electron chi connectivity index (χ0n) is 11.6. The van der Waals surface area contributed by atoms with Gasteiger partial charge in [-0.1, -0.05) is 12.1 Å². The molecule has 20 heavy (non-hydrogen) atoms. The third-order valence-electron chi connectivity index (χ3n) is 3.92. The SMILES string of the molecule is CC1CC(C(=O)O)CCN1C(=O)c1ccc(CN)cc1. The van der Waals surface area contributed by atoms with E-state index >= 15 is 0 Å². The van der Waals surface area contributed by atoms with E-state index in [1.54, 1.807) is 17.0 Å². The van der Waals surface area contributed by atoms with Gasteiger partial charge in [-0.2, -0.15) is 0 Å². The van der Waals surface area contributed by atoms with Gasteiger partial charge >= 0.3 is 5.97 Å². The van der Waals surface area contributed by atoms with Crippen LogP contribution in [0.4, 0.5) is 0 Å². The maximum absolute atomic E-state index is 12.4. The van der Waals surface area contributed by atoms with Crippen LogP contribution in [0.3, 0.4) is 0 Å². The molecule has 1 aliphatic heterocycles. The van der Waals surface area contributed by atoms with Gasteiger partial charge < -0.3 is 15.7 Å². The lowest BCUT2D eigenvalue weighted by molar-refractivity contribution is -0.143. The molecule has 1 aromatic rings. The molecule has 2 unspecified atom stereocenters. The molecule has 0 aromatic heterocycles. The second-order valence-electron chi connectivity index (χ2n) is 5.31. The molecule has 1 aliphatic rings. The van der Waals surface area contributed by atoms with E-state index in [9.17, 15) is 9.59 Å². The van der Waals surface area contributed by atoms with Gasteiger partial charge in [0.1, 0.15) is 0 Å². The van der Waals surface area contributed by atoms with E-state index in [0.29, 0.717) is 31.5 Å². The minimum atomic E-state index is -0.767. The highest BCUT2D eigenvalue weighted by Gasteiger charge is 2.32. The lowest BCUT2D eigenvalue weighted by Gasteiger charge is -2.36. The summed E-state index contributed by atoms with van der Waals surface area (Å²) >= 11 is 0. The number of amides is 1. The fourth-order valence-electron chi connectivity index (χ4n) is 2.65. The molecule has 5 nitrogen and oxygen atoms in total. The third kappa shape index (κ3) is 2.99. The van der Waals surface area contributed by atoms with Crippen molar-refractivity contribution in [1.29, 1.82) is 0 Å². The molecular formula is C15H20N2O3. The van der Waals surface area contributed by atoms with Gasteiger partial charge in [-0.05, 0) is 37.5 Å². The van der Waals surface area contributed by atoms with E-state index in [1.807, 2.05) is 19.1 Å². The Balaban J connectivity index is 2.07. The molecule has 1 amide bonds. The van der Waals surface area contributed by atoms with Gasteiger partial charge in [0.15, 0.2) is 0 Å². The van der Waals surface area contributed by atoms with E-state index in [1.165, 1.54) is 0 Å². The Kier molecular flexibility index (Phi) is 4.39. The molecule has 0 aliphatic carbocycles. The monoisotopic (exact) mass is 276 g/mol. The summed E-state index contributed by atoms with van der Waals surface area (Å²) in [4.78, 5) is 25.2. The molecule has 1 aromatic carbocycles. The van der Waals surface area contributed by atoms with Crippen LogP contribution in [-0.2, 0) is 11.3 Å². The Labute approximate surface area is 118 Å². The number of piperidine rings is 1. The van der Waals surface area contributed by atoms with E-state index in [4.69, 9.17) is 10.8 Å². The Morgan fingerprint density at radius 2 is 2.00 bits per heavy atom. The molecular weight excluding hydrogens is 256 g/mol. The molecule has 108 valence electrons. The van der Waals surface area contributed by atoms with Crippen molar-refractivity contribution in [3.05, 3.63) is 35.4 Å². The van der Waals surface area contributed by atoms with Gasteiger partial charge in [-0.3, -0.25) is 9.59 Å². The van der Waals surface area contributed by atoms with Gasteiger partial charge in [-0.15, -0.1) is 0 Å². The van der Waals surface area contributed by atoms with Gasteiger partial charge in [0, 0.05) is 24.7 Å². The standard InChI is InChI=1S/C15H20N2O3/c1-10-8-13(15(19)20)6-7-17(10)14(18)12-4-2-11(9-16)3-5-12/h2-5,10,13H,6-9,16H2,1H3,(H,19,20). The lowest BCUT2D eigenvalue weighted by Crippen LogP contribution is -2.46. The van der Waals surface area contributed by atoms with Crippen LogP contribution in [0.1, 0.15) is 35.7 Å². The Morgan fingerprint density at radius 1 is 1.35 bits per heavy atom. The first-order valence-corrected chi connectivity index (χ1v) is 6.85. The van der Waals surface area contributed by atoms with E-state index in [2.05, 4.69) is 0 Å². The van der Waals surface area contributed by atoms with Crippen molar-refractivity contribution in [3.63, 3.8) is 0 Å². The largest absolute Gasteiger partial charge is 0.481 e. The second kappa shape index (κ2) is 6.05. The molecule has 5 heteroatoms. The summed E-state index contributed by atoms with van der Waals surface area (Å²) in [7, 11) is 0. The predicted molar refractivity (Wildman–Crippen MR) is 75.2 cm³/mol. The summed E-state index contributed by atoms with van der Waals surface area (Å²) in [6, 6.07) is 7.21. The summed E-state index contributed by atoms with van der Waals surface area (Å²) in [6.45, 7) is 2.85. The number of carboxylic acid groups (broad SMARTS) is 1. The zero-order chi connectivity index (χ0) is 14.7. The number of benzene rings is 1. The van der Waals surface area contributed by atoms with Crippen molar-refractivity contribution < 1.29 is 14.7 Å². The van der Waals surface area contributed by atoms with Crippen LogP contribution in [0.2, 0.25) is 0 Å². The molecule has 0 radical (unpaired) electrons. The molecule has 0 bridgehead atoms.